The van der Waals surface area contributed by atoms with Crippen molar-refractivity contribution in [3.63, 3.8) is 0 Å². The minimum atomic E-state index is -0.120. The van der Waals surface area contributed by atoms with Crippen molar-refractivity contribution >= 4 is 34.2 Å². The third-order valence-electron chi connectivity index (χ3n) is 3.78. The number of aromatic nitrogens is 1. The van der Waals surface area contributed by atoms with Gasteiger partial charge in [0.2, 0.25) is 0 Å². The van der Waals surface area contributed by atoms with Crippen LogP contribution < -0.4 is 10.6 Å². The lowest BCUT2D eigenvalue weighted by molar-refractivity contribution is 0.0884. The second-order valence-electron chi connectivity index (χ2n) is 5.26. The molecule has 0 saturated carbocycles. The van der Waals surface area contributed by atoms with E-state index in [1.807, 2.05) is 23.8 Å². The molecule has 2 rings (SSSR count). The largest absolute Gasteiger partial charge is 0.383 e. The Labute approximate surface area is 140 Å². The van der Waals surface area contributed by atoms with E-state index in [0.29, 0.717) is 18.8 Å². The number of hydrogen-bond acceptors (Lipinski definition) is 3. The summed E-state index contributed by atoms with van der Waals surface area (Å²) in [5.41, 5.74) is 0.565. The normalized spacial score (nSPS) is 21.1. The molecule has 1 saturated heterocycles. The van der Waals surface area contributed by atoms with Gasteiger partial charge in [-0.05, 0) is 48.3 Å². The van der Waals surface area contributed by atoms with Crippen LogP contribution in [-0.4, -0.2) is 42.8 Å². The lowest BCUT2D eigenvalue weighted by Gasteiger charge is -2.29. The zero-order valence-corrected chi connectivity index (χ0v) is 14.8. The van der Waals surface area contributed by atoms with Crippen LogP contribution in [0, 0.1) is 0 Å². The summed E-state index contributed by atoms with van der Waals surface area (Å²) in [4.78, 5) is 12.3. The first-order valence-electron chi connectivity index (χ1n) is 6.98. The van der Waals surface area contributed by atoms with Crippen LogP contribution in [0.15, 0.2) is 16.7 Å². The molecule has 0 aromatic carbocycles. The van der Waals surface area contributed by atoms with Crippen LogP contribution in [0.3, 0.4) is 0 Å². The first kappa shape index (κ1) is 18.5. The minimum absolute atomic E-state index is 0. The fraction of sp³-hybridized carbons (Fsp3) is 0.643. The molecule has 1 atom stereocenters. The summed E-state index contributed by atoms with van der Waals surface area (Å²) in [6.45, 7) is 4.98. The van der Waals surface area contributed by atoms with Crippen LogP contribution in [-0.2, 0) is 11.3 Å². The molecule has 1 aliphatic heterocycles. The highest BCUT2D eigenvalue weighted by atomic mass is 79.9. The summed E-state index contributed by atoms with van der Waals surface area (Å²) in [6.07, 6.45) is 4.07. The molecule has 1 fully saturated rings. The number of methoxy groups -OCH3 is 1. The van der Waals surface area contributed by atoms with E-state index in [2.05, 4.69) is 26.6 Å². The van der Waals surface area contributed by atoms with E-state index in [9.17, 15) is 4.79 Å². The highest BCUT2D eigenvalue weighted by Crippen LogP contribution is 2.19. The van der Waals surface area contributed by atoms with Crippen molar-refractivity contribution in [2.75, 3.05) is 26.8 Å². The van der Waals surface area contributed by atoms with E-state index >= 15 is 0 Å². The van der Waals surface area contributed by atoms with Crippen molar-refractivity contribution in [2.24, 2.45) is 0 Å². The molecule has 1 aromatic heterocycles. The fourth-order valence-electron chi connectivity index (χ4n) is 2.74. The average molecular weight is 381 g/mol. The molecule has 0 spiro atoms. The van der Waals surface area contributed by atoms with Gasteiger partial charge in [-0.25, -0.2) is 0 Å². The second kappa shape index (κ2) is 8.17. The van der Waals surface area contributed by atoms with Gasteiger partial charge in [0.05, 0.1) is 12.1 Å². The topological polar surface area (TPSA) is 55.3 Å². The molecule has 1 amide bonds. The van der Waals surface area contributed by atoms with Gasteiger partial charge in [0, 0.05) is 30.9 Å². The summed E-state index contributed by atoms with van der Waals surface area (Å²) in [5, 5.41) is 6.49. The zero-order chi connectivity index (χ0) is 14.6. The first-order chi connectivity index (χ1) is 9.60. The number of hydrogen-bond donors (Lipinski definition) is 2. The Morgan fingerprint density at radius 2 is 2.38 bits per heavy atom. The van der Waals surface area contributed by atoms with Gasteiger partial charge in [0.25, 0.3) is 5.91 Å². The lowest BCUT2D eigenvalue weighted by Crippen LogP contribution is -2.53. The molecular formula is C14H23BrClN3O2. The second-order valence-corrected chi connectivity index (χ2v) is 6.17. The quantitative estimate of drug-likeness (QED) is 0.795. The van der Waals surface area contributed by atoms with Gasteiger partial charge < -0.3 is 19.9 Å². The van der Waals surface area contributed by atoms with Gasteiger partial charge in [-0.3, -0.25) is 4.79 Å². The number of nitrogens with zero attached hydrogens (tertiary/aromatic N) is 1. The van der Waals surface area contributed by atoms with E-state index < -0.39 is 0 Å². The van der Waals surface area contributed by atoms with Crippen LogP contribution in [0.2, 0.25) is 0 Å². The van der Waals surface area contributed by atoms with Crippen LogP contribution in [0.5, 0.6) is 0 Å². The molecule has 120 valence electrons. The van der Waals surface area contributed by atoms with E-state index in [0.717, 1.165) is 30.4 Å². The number of rotatable bonds is 6. The van der Waals surface area contributed by atoms with Crippen LogP contribution in [0.25, 0.3) is 0 Å². The SMILES string of the molecule is CCn1cc(Br)cc1C(=O)NCC1(COC)CCCN1.Cl. The van der Waals surface area contributed by atoms with Gasteiger partial charge in [0.15, 0.2) is 0 Å². The van der Waals surface area contributed by atoms with E-state index in [4.69, 9.17) is 4.74 Å². The minimum Gasteiger partial charge on any atom is -0.383 e. The standard InChI is InChI=1S/C14H22BrN3O2.ClH/c1-3-18-8-11(15)7-12(18)13(19)16-9-14(10-20-2)5-4-6-17-14;/h7-8,17H,3-6,9-10H2,1-2H3,(H,16,19);1H. The molecular weight excluding hydrogens is 358 g/mol. The molecule has 0 aliphatic carbocycles. The summed E-state index contributed by atoms with van der Waals surface area (Å²) in [5.74, 6) is -0.0401. The summed E-state index contributed by atoms with van der Waals surface area (Å²) in [7, 11) is 1.70. The van der Waals surface area contributed by atoms with Gasteiger partial charge in [-0.1, -0.05) is 0 Å². The van der Waals surface area contributed by atoms with Crippen LogP contribution >= 0.6 is 28.3 Å². The molecule has 2 N–H and O–H groups in total. The van der Waals surface area contributed by atoms with Crippen molar-refractivity contribution in [3.8, 4) is 0 Å². The Morgan fingerprint density at radius 1 is 1.62 bits per heavy atom. The Morgan fingerprint density at radius 3 is 2.95 bits per heavy atom. The average Bonchev–Trinajstić information content (AvgIpc) is 3.03. The predicted octanol–water partition coefficient (Wildman–Crippen LogP) is 2.19. The number of nitrogens with one attached hydrogen (secondary N) is 2. The third kappa shape index (κ3) is 4.45. The van der Waals surface area contributed by atoms with Gasteiger partial charge in [-0.15, -0.1) is 12.4 Å². The number of aryl methyl sites for hydroxylation is 1. The van der Waals surface area contributed by atoms with Crippen molar-refractivity contribution in [2.45, 2.75) is 31.8 Å². The van der Waals surface area contributed by atoms with Crippen LogP contribution in [0.4, 0.5) is 0 Å². The molecule has 21 heavy (non-hydrogen) atoms. The first-order valence-corrected chi connectivity index (χ1v) is 7.77. The third-order valence-corrected chi connectivity index (χ3v) is 4.21. The summed E-state index contributed by atoms with van der Waals surface area (Å²) >= 11 is 3.41. The highest BCUT2D eigenvalue weighted by Gasteiger charge is 2.34. The molecule has 5 nitrogen and oxygen atoms in total. The Bertz CT molecular complexity index is 473. The number of carbonyl (C=O) groups excluding carboxylic acids is 1. The Kier molecular flexibility index (Phi) is 7.20. The maximum Gasteiger partial charge on any atom is 0.268 e. The number of carbonyl (C=O) groups is 1. The van der Waals surface area contributed by atoms with Crippen molar-refractivity contribution in [3.05, 3.63) is 22.4 Å². The molecule has 1 unspecified atom stereocenters. The summed E-state index contributed by atoms with van der Waals surface area (Å²) < 4.78 is 8.15. The monoisotopic (exact) mass is 379 g/mol. The van der Waals surface area contributed by atoms with Crippen molar-refractivity contribution < 1.29 is 9.53 Å². The molecule has 2 heterocycles. The van der Waals surface area contributed by atoms with Gasteiger partial charge in [-0.2, -0.15) is 0 Å². The molecule has 0 bridgehead atoms. The fourth-order valence-corrected chi connectivity index (χ4v) is 3.20. The summed E-state index contributed by atoms with van der Waals surface area (Å²) in [6, 6.07) is 1.85. The number of amides is 1. The van der Waals surface area contributed by atoms with Gasteiger partial charge in [0.1, 0.15) is 5.69 Å². The number of ether oxygens (including phenoxy) is 1. The van der Waals surface area contributed by atoms with E-state index in [1.165, 1.54) is 0 Å². The zero-order valence-electron chi connectivity index (χ0n) is 12.4. The maximum absolute atomic E-state index is 12.3. The lowest BCUT2D eigenvalue weighted by atomic mass is 9.98. The van der Waals surface area contributed by atoms with Crippen molar-refractivity contribution in [1.82, 2.24) is 15.2 Å². The maximum atomic E-state index is 12.3. The molecule has 0 radical (unpaired) electrons. The smallest absolute Gasteiger partial charge is 0.268 e. The van der Waals surface area contributed by atoms with E-state index in [-0.39, 0.29) is 23.9 Å². The Balaban J connectivity index is 0.00000220. The number of halogens is 2. The highest BCUT2D eigenvalue weighted by molar-refractivity contribution is 9.10. The van der Waals surface area contributed by atoms with Crippen LogP contribution in [0.1, 0.15) is 30.3 Å². The van der Waals surface area contributed by atoms with Crippen molar-refractivity contribution in [1.29, 1.82) is 0 Å². The predicted molar refractivity (Wildman–Crippen MR) is 89.2 cm³/mol. The molecule has 7 heteroatoms. The molecule has 1 aliphatic rings. The molecule has 1 aromatic rings. The van der Waals surface area contributed by atoms with Gasteiger partial charge >= 0.3 is 0 Å². The Hall–Kier alpha value is -0.560. The van der Waals surface area contributed by atoms with E-state index in [1.54, 1.807) is 7.11 Å².